The molecule has 2 rings (SSSR count). The number of rotatable bonds is 7. The van der Waals surface area contributed by atoms with E-state index >= 15 is 0 Å². The second-order valence-corrected chi connectivity index (χ2v) is 6.11. The van der Waals surface area contributed by atoms with Crippen LogP contribution in [0.3, 0.4) is 0 Å². The number of amides is 1. The van der Waals surface area contributed by atoms with E-state index in [0.717, 1.165) is 50.8 Å². The van der Waals surface area contributed by atoms with Crippen LogP contribution in [0.1, 0.15) is 57.1 Å². The van der Waals surface area contributed by atoms with Crippen LogP contribution in [0, 0.1) is 0 Å². The van der Waals surface area contributed by atoms with Crippen LogP contribution in [0.15, 0.2) is 18.2 Å². The molecule has 1 amide bonds. The van der Waals surface area contributed by atoms with Crippen molar-refractivity contribution in [1.82, 2.24) is 0 Å². The number of unbranched alkanes of at least 4 members (excludes halogenated alkanes) is 1. The molecule has 0 aliphatic carbocycles. The topological polar surface area (TPSA) is 46.3 Å². The molecule has 0 saturated carbocycles. The molecule has 1 aliphatic rings. The van der Waals surface area contributed by atoms with Crippen molar-refractivity contribution in [3.05, 3.63) is 29.3 Å². The fraction of sp³-hybridized carbons (Fsp3) is 0.611. The van der Waals surface area contributed by atoms with E-state index < -0.39 is 0 Å². The molecule has 1 aromatic rings. The molecule has 0 fully saturated rings. The molecular formula is C18H28N2O. The van der Waals surface area contributed by atoms with Gasteiger partial charge in [-0.2, -0.15) is 0 Å². The summed E-state index contributed by atoms with van der Waals surface area (Å²) >= 11 is 0. The van der Waals surface area contributed by atoms with Gasteiger partial charge in [0.05, 0.1) is 0 Å². The monoisotopic (exact) mass is 288 g/mol. The SMILES string of the molecule is CCCCC(=O)N1CCc2cc(CC(N)CCC)ccc21. The van der Waals surface area contributed by atoms with Crippen LogP contribution in [0.5, 0.6) is 0 Å². The Morgan fingerprint density at radius 2 is 2.14 bits per heavy atom. The fourth-order valence-electron chi connectivity index (χ4n) is 3.08. The number of nitrogens with two attached hydrogens (primary N) is 1. The molecule has 116 valence electrons. The summed E-state index contributed by atoms with van der Waals surface area (Å²) in [7, 11) is 0. The first-order valence-electron chi connectivity index (χ1n) is 8.33. The lowest BCUT2D eigenvalue weighted by Gasteiger charge is -2.18. The Morgan fingerprint density at radius 1 is 1.33 bits per heavy atom. The average molecular weight is 288 g/mol. The van der Waals surface area contributed by atoms with Crippen molar-refractivity contribution >= 4 is 11.6 Å². The number of benzene rings is 1. The van der Waals surface area contributed by atoms with Crippen LogP contribution < -0.4 is 10.6 Å². The van der Waals surface area contributed by atoms with E-state index in [0.29, 0.717) is 6.42 Å². The van der Waals surface area contributed by atoms with Crippen molar-refractivity contribution in [2.75, 3.05) is 11.4 Å². The third kappa shape index (κ3) is 4.07. The summed E-state index contributed by atoms with van der Waals surface area (Å²) in [4.78, 5) is 14.2. The standard InChI is InChI=1S/C18H28N2O/c1-3-5-7-18(21)20-11-10-15-12-14(8-9-17(15)20)13-16(19)6-4-2/h8-9,12,16H,3-7,10-11,13,19H2,1-2H3. The van der Waals surface area contributed by atoms with Crippen LogP contribution in [0.4, 0.5) is 5.69 Å². The number of carbonyl (C=O) groups is 1. The summed E-state index contributed by atoms with van der Waals surface area (Å²) in [5, 5.41) is 0. The number of carbonyl (C=O) groups excluding carboxylic acids is 1. The second kappa shape index (κ2) is 7.60. The molecule has 1 aromatic carbocycles. The number of nitrogens with zero attached hydrogens (tertiary/aromatic N) is 1. The van der Waals surface area contributed by atoms with E-state index in [1.54, 1.807) is 0 Å². The van der Waals surface area contributed by atoms with Crippen molar-refractivity contribution in [2.45, 2.75) is 64.8 Å². The summed E-state index contributed by atoms with van der Waals surface area (Å²) < 4.78 is 0. The first-order chi connectivity index (χ1) is 10.2. The average Bonchev–Trinajstić information content (AvgIpc) is 2.88. The number of fused-ring (bicyclic) bond motifs is 1. The van der Waals surface area contributed by atoms with Gasteiger partial charge in [-0.25, -0.2) is 0 Å². The van der Waals surface area contributed by atoms with Crippen molar-refractivity contribution in [3.63, 3.8) is 0 Å². The van der Waals surface area contributed by atoms with Crippen molar-refractivity contribution in [2.24, 2.45) is 5.73 Å². The van der Waals surface area contributed by atoms with Crippen molar-refractivity contribution < 1.29 is 4.79 Å². The van der Waals surface area contributed by atoms with Crippen LogP contribution in [0.25, 0.3) is 0 Å². The lowest BCUT2D eigenvalue weighted by Crippen LogP contribution is -2.28. The van der Waals surface area contributed by atoms with Gasteiger partial charge < -0.3 is 10.6 Å². The molecule has 1 heterocycles. The van der Waals surface area contributed by atoms with Gasteiger partial charge in [0.25, 0.3) is 0 Å². The second-order valence-electron chi connectivity index (χ2n) is 6.11. The Bertz CT molecular complexity index is 484. The van der Waals surface area contributed by atoms with Gasteiger partial charge in [0.2, 0.25) is 5.91 Å². The Kier molecular flexibility index (Phi) is 5.80. The highest BCUT2D eigenvalue weighted by molar-refractivity contribution is 5.95. The van der Waals surface area contributed by atoms with Crippen LogP contribution in [-0.2, 0) is 17.6 Å². The van der Waals surface area contributed by atoms with Crippen LogP contribution in [0.2, 0.25) is 0 Å². The minimum absolute atomic E-state index is 0.247. The van der Waals surface area contributed by atoms with Gasteiger partial charge in [0.15, 0.2) is 0 Å². The van der Waals surface area contributed by atoms with Crippen molar-refractivity contribution in [1.29, 1.82) is 0 Å². The van der Waals surface area contributed by atoms with Crippen LogP contribution >= 0.6 is 0 Å². The summed E-state index contributed by atoms with van der Waals surface area (Å²) in [5.74, 6) is 0.269. The summed E-state index contributed by atoms with van der Waals surface area (Å²) in [6.45, 7) is 5.13. The Hall–Kier alpha value is -1.35. The number of hydrogen-bond acceptors (Lipinski definition) is 2. The maximum atomic E-state index is 12.2. The molecule has 0 saturated heterocycles. The highest BCUT2D eigenvalue weighted by Gasteiger charge is 2.24. The predicted octanol–water partition coefficient (Wildman–Crippen LogP) is 3.44. The molecule has 0 radical (unpaired) electrons. The molecule has 1 unspecified atom stereocenters. The van der Waals surface area contributed by atoms with E-state index in [1.165, 1.54) is 11.1 Å². The maximum Gasteiger partial charge on any atom is 0.226 e. The van der Waals surface area contributed by atoms with E-state index in [2.05, 4.69) is 32.0 Å². The highest BCUT2D eigenvalue weighted by Crippen LogP contribution is 2.30. The minimum atomic E-state index is 0.247. The molecule has 3 nitrogen and oxygen atoms in total. The molecule has 21 heavy (non-hydrogen) atoms. The third-order valence-corrected chi connectivity index (χ3v) is 4.24. The fourth-order valence-corrected chi connectivity index (χ4v) is 3.08. The van der Waals surface area contributed by atoms with Gasteiger partial charge in [0, 0.05) is 24.7 Å². The lowest BCUT2D eigenvalue weighted by molar-refractivity contribution is -0.118. The molecule has 2 N–H and O–H groups in total. The number of anilines is 1. The van der Waals surface area contributed by atoms with Gasteiger partial charge in [-0.15, -0.1) is 0 Å². The van der Waals surface area contributed by atoms with E-state index in [-0.39, 0.29) is 11.9 Å². The molecule has 0 spiro atoms. The Labute approximate surface area is 128 Å². The van der Waals surface area contributed by atoms with Crippen LogP contribution in [-0.4, -0.2) is 18.5 Å². The first-order valence-corrected chi connectivity index (χ1v) is 8.33. The number of hydrogen-bond donors (Lipinski definition) is 1. The summed E-state index contributed by atoms with van der Waals surface area (Å²) in [6.07, 6.45) is 6.83. The normalized spacial score (nSPS) is 15.1. The van der Waals surface area contributed by atoms with Gasteiger partial charge in [-0.3, -0.25) is 4.79 Å². The molecule has 1 atom stereocenters. The first kappa shape index (κ1) is 16.0. The van der Waals surface area contributed by atoms with E-state index in [4.69, 9.17) is 5.73 Å². The zero-order chi connectivity index (χ0) is 15.2. The van der Waals surface area contributed by atoms with Gasteiger partial charge in [-0.05, 0) is 42.9 Å². The van der Waals surface area contributed by atoms with Gasteiger partial charge in [-0.1, -0.05) is 38.8 Å². The Morgan fingerprint density at radius 3 is 2.86 bits per heavy atom. The van der Waals surface area contributed by atoms with E-state index in [9.17, 15) is 4.79 Å². The Balaban J connectivity index is 2.04. The minimum Gasteiger partial charge on any atom is -0.327 e. The summed E-state index contributed by atoms with van der Waals surface area (Å²) in [6, 6.07) is 6.74. The molecule has 1 aliphatic heterocycles. The third-order valence-electron chi connectivity index (χ3n) is 4.24. The molecular weight excluding hydrogens is 260 g/mol. The smallest absolute Gasteiger partial charge is 0.226 e. The lowest BCUT2D eigenvalue weighted by atomic mass is 10.00. The largest absolute Gasteiger partial charge is 0.327 e. The summed E-state index contributed by atoms with van der Waals surface area (Å²) in [5.41, 5.74) is 9.85. The van der Waals surface area contributed by atoms with Gasteiger partial charge >= 0.3 is 0 Å². The molecule has 0 bridgehead atoms. The van der Waals surface area contributed by atoms with E-state index in [1.807, 2.05) is 4.90 Å². The zero-order valence-electron chi connectivity index (χ0n) is 13.4. The zero-order valence-corrected chi connectivity index (χ0v) is 13.4. The molecule has 3 heteroatoms. The molecule has 0 aromatic heterocycles. The van der Waals surface area contributed by atoms with Gasteiger partial charge in [0.1, 0.15) is 0 Å². The highest BCUT2D eigenvalue weighted by atomic mass is 16.2. The predicted molar refractivity (Wildman–Crippen MR) is 88.6 cm³/mol. The van der Waals surface area contributed by atoms with Crippen molar-refractivity contribution in [3.8, 4) is 0 Å². The maximum absolute atomic E-state index is 12.2. The quantitative estimate of drug-likeness (QED) is 0.835.